The molecule has 2 heterocycles. The second-order valence-electron chi connectivity index (χ2n) is 8.27. The van der Waals surface area contributed by atoms with Crippen molar-refractivity contribution >= 4 is 20.9 Å². The van der Waals surface area contributed by atoms with Crippen LogP contribution >= 0.6 is 0 Å². The van der Waals surface area contributed by atoms with Crippen molar-refractivity contribution in [3.63, 3.8) is 0 Å². The number of para-hydroxylation sites is 1. The highest BCUT2D eigenvalue weighted by atomic mass is 32.2. The minimum absolute atomic E-state index is 0.336. The summed E-state index contributed by atoms with van der Waals surface area (Å²) in [7, 11) is -1.55. The molecule has 1 fully saturated rings. The van der Waals surface area contributed by atoms with Gasteiger partial charge in [-0.25, -0.2) is 12.4 Å². The van der Waals surface area contributed by atoms with Crippen molar-refractivity contribution in [1.82, 2.24) is 13.8 Å². The summed E-state index contributed by atoms with van der Waals surface area (Å²) in [5, 5.41) is 0.957. The highest BCUT2D eigenvalue weighted by Crippen LogP contribution is 2.28. The molecule has 0 N–H and O–H groups in total. The summed E-state index contributed by atoms with van der Waals surface area (Å²) in [4.78, 5) is 4.98. The van der Waals surface area contributed by atoms with Crippen LogP contribution in [0.5, 0.6) is 0 Å². The Hall–Kier alpha value is -2.15. The summed E-state index contributed by atoms with van der Waals surface area (Å²) in [5.74, 6) is 0.368. The van der Waals surface area contributed by atoms with Crippen LogP contribution in [0.2, 0.25) is 0 Å². The Morgan fingerprint density at radius 2 is 1.59 bits per heavy atom. The van der Waals surface area contributed by atoms with Crippen LogP contribution in [0, 0.1) is 0 Å². The summed E-state index contributed by atoms with van der Waals surface area (Å²) in [6.45, 7) is 8.75. The monoisotopic (exact) mass is 411 g/mol. The van der Waals surface area contributed by atoms with Crippen LogP contribution in [0.1, 0.15) is 31.0 Å². The fraction of sp³-hybridized carbons (Fsp3) is 0.391. The molecule has 0 spiro atoms. The van der Waals surface area contributed by atoms with E-state index in [-0.39, 0.29) is 0 Å². The molecule has 4 rings (SSSR count). The average molecular weight is 412 g/mol. The van der Waals surface area contributed by atoms with Gasteiger partial charge in [0, 0.05) is 43.8 Å². The number of fused-ring (bicyclic) bond motifs is 1. The van der Waals surface area contributed by atoms with Crippen molar-refractivity contribution in [2.45, 2.75) is 31.2 Å². The first-order valence-corrected chi connectivity index (χ1v) is 11.7. The molecule has 5 nitrogen and oxygen atoms in total. The minimum atomic E-state index is -3.68. The molecule has 154 valence electrons. The highest BCUT2D eigenvalue weighted by molar-refractivity contribution is 7.90. The van der Waals surface area contributed by atoms with Crippen LogP contribution in [0.25, 0.3) is 10.9 Å². The summed E-state index contributed by atoms with van der Waals surface area (Å²) in [6.07, 6.45) is 0. The van der Waals surface area contributed by atoms with Crippen LogP contribution in [0.3, 0.4) is 0 Å². The van der Waals surface area contributed by atoms with Crippen LogP contribution < -0.4 is 0 Å². The van der Waals surface area contributed by atoms with E-state index in [1.54, 1.807) is 16.1 Å². The Labute approximate surface area is 173 Å². The van der Waals surface area contributed by atoms with E-state index in [4.69, 9.17) is 0 Å². The molecule has 1 aromatic heterocycles. The maximum absolute atomic E-state index is 13.6. The van der Waals surface area contributed by atoms with Gasteiger partial charge in [0.05, 0.1) is 10.4 Å². The molecular formula is C23H29N3O2S. The van der Waals surface area contributed by atoms with E-state index in [9.17, 15) is 8.42 Å². The normalized spacial score (nSPS) is 16.7. The van der Waals surface area contributed by atoms with E-state index >= 15 is 0 Å². The van der Waals surface area contributed by atoms with Gasteiger partial charge in [0.15, 0.2) is 0 Å². The van der Waals surface area contributed by atoms with Gasteiger partial charge in [-0.3, -0.25) is 4.90 Å². The molecule has 29 heavy (non-hydrogen) atoms. The van der Waals surface area contributed by atoms with Crippen molar-refractivity contribution in [2.24, 2.45) is 0 Å². The van der Waals surface area contributed by atoms with Gasteiger partial charge in [-0.05, 0) is 42.8 Å². The fourth-order valence-electron chi connectivity index (χ4n) is 3.95. The zero-order valence-electron chi connectivity index (χ0n) is 17.4. The predicted molar refractivity (Wildman–Crippen MR) is 118 cm³/mol. The summed E-state index contributed by atoms with van der Waals surface area (Å²) < 4.78 is 28.8. The zero-order valence-corrected chi connectivity index (χ0v) is 18.2. The number of nitrogens with zero attached hydrogens (tertiary/aromatic N) is 3. The van der Waals surface area contributed by atoms with Gasteiger partial charge in [0.2, 0.25) is 0 Å². The third-order valence-corrected chi connectivity index (χ3v) is 7.58. The van der Waals surface area contributed by atoms with E-state index in [0.717, 1.165) is 48.3 Å². The van der Waals surface area contributed by atoms with Gasteiger partial charge in [0.1, 0.15) is 0 Å². The van der Waals surface area contributed by atoms with Gasteiger partial charge >= 0.3 is 0 Å². The van der Waals surface area contributed by atoms with Crippen molar-refractivity contribution in [1.29, 1.82) is 0 Å². The quantitative estimate of drug-likeness (QED) is 0.642. The Kier molecular flexibility index (Phi) is 5.51. The van der Waals surface area contributed by atoms with Gasteiger partial charge in [-0.1, -0.05) is 44.2 Å². The number of piperazine rings is 1. The lowest BCUT2D eigenvalue weighted by atomic mass is 10.0. The van der Waals surface area contributed by atoms with E-state index in [1.165, 1.54) is 0 Å². The third kappa shape index (κ3) is 3.97. The molecule has 0 radical (unpaired) electrons. The topological polar surface area (TPSA) is 45.6 Å². The highest BCUT2D eigenvalue weighted by Gasteiger charge is 2.25. The molecule has 1 aliphatic rings. The van der Waals surface area contributed by atoms with Gasteiger partial charge < -0.3 is 4.90 Å². The van der Waals surface area contributed by atoms with Gasteiger partial charge in [0.25, 0.3) is 10.0 Å². The Morgan fingerprint density at radius 1 is 0.931 bits per heavy atom. The number of likely N-dealkylation sites (N-methyl/N-ethyl adjacent to an activating group) is 1. The zero-order chi connectivity index (χ0) is 20.6. The maximum atomic E-state index is 13.6. The molecule has 1 saturated heterocycles. The molecular weight excluding hydrogens is 382 g/mol. The van der Waals surface area contributed by atoms with Crippen molar-refractivity contribution < 1.29 is 8.42 Å². The second-order valence-corrected chi connectivity index (χ2v) is 10.1. The largest absolute Gasteiger partial charge is 0.304 e. The molecule has 0 atom stereocenters. The first-order chi connectivity index (χ1) is 13.9. The van der Waals surface area contributed by atoms with E-state index < -0.39 is 10.0 Å². The molecule has 2 aromatic carbocycles. The number of aromatic nitrogens is 1. The molecule has 0 unspecified atom stereocenters. The second kappa shape index (κ2) is 7.94. The number of benzene rings is 2. The van der Waals surface area contributed by atoms with Gasteiger partial charge in [-0.2, -0.15) is 0 Å². The summed E-state index contributed by atoms with van der Waals surface area (Å²) >= 11 is 0. The van der Waals surface area contributed by atoms with Crippen molar-refractivity contribution in [3.8, 4) is 0 Å². The SMILES string of the molecule is CC(C)c1ccc(S(=O)(=O)n2c(CN3CCN(C)CC3)cc3ccccc32)cc1. The Morgan fingerprint density at radius 3 is 2.24 bits per heavy atom. The van der Waals surface area contributed by atoms with Gasteiger partial charge in [-0.15, -0.1) is 0 Å². The lowest BCUT2D eigenvalue weighted by Gasteiger charge is -2.32. The third-order valence-electron chi connectivity index (χ3n) is 5.81. The van der Waals surface area contributed by atoms with Crippen LogP contribution in [0.15, 0.2) is 59.5 Å². The summed E-state index contributed by atoms with van der Waals surface area (Å²) in [5.41, 5.74) is 2.70. The standard InChI is InChI=1S/C23H29N3O2S/c1-18(2)19-8-10-22(11-9-19)29(27,28)26-21(16-20-6-4-5-7-23(20)26)17-25-14-12-24(3)13-15-25/h4-11,16,18H,12-15,17H2,1-3H3. The summed E-state index contributed by atoms with van der Waals surface area (Å²) in [6, 6.07) is 17.1. The maximum Gasteiger partial charge on any atom is 0.268 e. The number of rotatable bonds is 5. The van der Waals surface area contributed by atoms with E-state index in [2.05, 4.69) is 30.7 Å². The van der Waals surface area contributed by atoms with Crippen LogP contribution in [-0.4, -0.2) is 55.4 Å². The lowest BCUT2D eigenvalue weighted by molar-refractivity contribution is 0.147. The van der Waals surface area contributed by atoms with Crippen molar-refractivity contribution in [3.05, 3.63) is 65.9 Å². The smallest absolute Gasteiger partial charge is 0.268 e. The molecule has 1 aliphatic heterocycles. The van der Waals surface area contributed by atoms with E-state index in [0.29, 0.717) is 17.4 Å². The Balaban J connectivity index is 1.76. The lowest BCUT2D eigenvalue weighted by Crippen LogP contribution is -2.44. The minimum Gasteiger partial charge on any atom is -0.304 e. The van der Waals surface area contributed by atoms with E-state index in [1.807, 2.05) is 42.5 Å². The molecule has 0 amide bonds. The van der Waals surface area contributed by atoms with Crippen LogP contribution in [0.4, 0.5) is 0 Å². The first kappa shape index (κ1) is 20.1. The van der Waals surface area contributed by atoms with Crippen molar-refractivity contribution in [2.75, 3.05) is 33.2 Å². The van der Waals surface area contributed by atoms with Crippen LogP contribution in [-0.2, 0) is 16.6 Å². The predicted octanol–water partition coefficient (Wildman–Crippen LogP) is 3.75. The molecule has 0 aliphatic carbocycles. The number of hydrogen-bond acceptors (Lipinski definition) is 4. The molecule has 0 saturated carbocycles. The fourth-order valence-corrected chi connectivity index (χ4v) is 5.48. The molecule has 6 heteroatoms. The number of hydrogen-bond donors (Lipinski definition) is 0. The molecule has 3 aromatic rings. The first-order valence-electron chi connectivity index (χ1n) is 10.2. The Bertz CT molecular complexity index is 1090. The average Bonchev–Trinajstić information content (AvgIpc) is 3.08. The molecule has 0 bridgehead atoms.